The van der Waals surface area contributed by atoms with Gasteiger partial charge in [-0.05, 0) is 147 Å². The first-order chi connectivity index (χ1) is 26.8. The lowest BCUT2D eigenvalue weighted by Crippen LogP contribution is -2.39. The van der Waals surface area contributed by atoms with Crippen LogP contribution in [0.2, 0.25) is 0 Å². The molecule has 0 aromatic rings. The van der Waals surface area contributed by atoms with Crippen molar-refractivity contribution in [2.75, 3.05) is 61.6 Å². The van der Waals surface area contributed by atoms with Crippen molar-refractivity contribution in [3.63, 3.8) is 0 Å². The van der Waals surface area contributed by atoms with E-state index in [0.717, 1.165) is 49.4 Å². The highest BCUT2D eigenvalue weighted by Gasteiger charge is 2.35. The van der Waals surface area contributed by atoms with Gasteiger partial charge in [-0.25, -0.2) is 0 Å². The van der Waals surface area contributed by atoms with Crippen LogP contribution in [0, 0.1) is 29.6 Å². The molecule has 5 heteroatoms. The minimum Gasteiger partial charge on any atom is -0.379 e. The summed E-state index contributed by atoms with van der Waals surface area (Å²) < 4.78 is 17.0. The van der Waals surface area contributed by atoms with E-state index in [1.54, 1.807) is 0 Å². The molecule has 4 unspecified atom stereocenters. The fourth-order valence-corrected chi connectivity index (χ4v) is 7.66. The second-order valence-corrected chi connectivity index (χ2v) is 18.4. The third kappa shape index (κ3) is 35.1. The summed E-state index contributed by atoms with van der Waals surface area (Å²) in [5.41, 5.74) is 0.344. The number of hydrogen-bond donors (Lipinski definition) is 0. The predicted molar refractivity (Wildman–Crippen MR) is 262 cm³/mol. The van der Waals surface area contributed by atoms with Crippen LogP contribution in [0.4, 0.5) is 0 Å². The minimum atomic E-state index is 0.0882. The maximum absolute atomic E-state index is 5.83. The number of nitrogens with zero attached hydrogens (tertiary/aromatic N) is 2. The molecule has 0 N–H and O–H groups in total. The van der Waals surface area contributed by atoms with Crippen LogP contribution in [-0.4, -0.2) is 88.2 Å². The molecule has 57 heavy (non-hydrogen) atoms. The summed E-state index contributed by atoms with van der Waals surface area (Å²) in [7, 11) is 9.93. The predicted octanol–water partition coefficient (Wildman–Crippen LogP) is 16.0. The molecule has 352 valence electrons. The normalized spacial score (nSPS) is 14.7. The van der Waals surface area contributed by atoms with Crippen molar-refractivity contribution in [1.29, 1.82) is 0 Å². The maximum Gasteiger partial charge on any atom is 0.0701 e. The Kier molecular flexibility index (Phi) is 49.1. The smallest absolute Gasteiger partial charge is 0.0701 e. The van der Waals surface area contributed by atoms with Gasteiger partial charge >= 0.3 is 0 Å². The van der Waals surface area contributed by atoms with Crippen LogP contribution in [0.3, 0.4) is 0 Å². The topological polar surface area (TPSA) is 34.2 Å². The molecular weight excluding hydrogens is 701 g/mol. The Morgan fingerprint density at radius 3 is 1.18 bits per heavy atom. The molecule has 5 nitrogen and oxygen atoms in total. The average Bonchev–Trinajstić information content (AvgIpc) is 3.21. The first kappa shape index (κ1) is 65.9. The molecule has 4 atom stereocenters. The Morgan fingerprint density at radius 1 is 0.474 bits per heavy atom. The number of hydrogen-bond acceptors (Lipinski definition) is 5. The summed E-state index contributed by atoms with van der Waals surface area (Å²) in [6.07, 6.45) is 21.0. The molecule has 0 bridgehead atoms. The highest BCUT2D eigenvalue weighted by atomic mass is 16.5. The summed E-state index contributed by atoms with van der Waals surface area (Å²) in [4.78, 5) is 4.78. The van der Waals surface area contributed by atoms with E-state index in [1.807, 2.05) is 21.3 Å². The van der Waals surface area contributed by atoms with Crippen LogP contribution in [0.25, 0.3) is 0 Å². The zero-order valence-electron chi connectivity index (χ0n) is 44.4. The monoisotopic (exact) mass is 817 g/mol. The van der Waals surface area contributed by atoms with Gasteiger partial charge in [-0.15, -0.1) is 0 Å². The lowest BCUT2D eigenvalue weighted by molar-refractivity contribution is -0.0724. The summed E-state index contributed by atoms with van der Waals surface area (Å²) in [5.74, 6) is 3.75. The second kappa shape index (κ2) is 42.5. The average molecular weight is 818 g/mol. The molecule has 0 saturated carbocycles. The van der Waals surface area contributed by atoms with Crippen molar-refractivity contribution in [1.82, 2.24) is 9.80 Å². The molecule has 0 heterocycles. The molecule has 0 amide bonds. The van der Waals surface area contributed by atoms with Gasteiger partial charge in [0.25, 0.3) is 0 Å². The highest BCUT2D eigenvalue weighted by Crippen LogP contribution is 2.36. The van der Waals surface area contributed by atoms with Gasteiger partial charge in [0.2, 0.25) is 0 Å². The van der Waals surface area contributed by atoms with Crippen LogP contribution >= 0.6 is 0 Å². The van der Waals surface area contributed by atoms with Gasteiger partial charge in [0.1, 0.15) is 0 Å². The van der Waals surface area contributed by atoms with E-state index in [9.17, 15) is 0 Å². The third-order valence-electron chi connectivity index (χ3n) is 13.4. The Hall–Kier alpha value is -0.200. The van der Waals surface area contributed by atoms with Crippen LogP contribution in [0.5, 0.6) is 0 Å². The van der Waals surface area contributed by atoms with E-state index in [-0.39, 0.29) is 16.8 Å². The zero-order chi connectivity index (χ0) is 45.5. The van der Waals surface area contributed by atoms with E-state index in [2.05, 4.69) is 149 Å². The van der Waals surface area contributed by atoms with Gasteiger partial charge in [0.05, 0.1) is 16.8 Å². The van der Waals surface area contributed by atoms with Crippen LogP contribution in [0.15, 0.2) is 0 Å². The molecule has 0 radical (unpaired) electrons. The lowest BCUT2D eigenvalue weighted by Gasteiger charge is -2.39. The number of ether oxygens (including phenoxy) is 3. The number of unbranched alkanes of at least 4 members (excludes halogenated alkanes) is 2. The molecule has 0 aromatic carbocycles. The Bertz CT molecular complexity index is 734. The van der Waals surface area contributed by atoms with Crippen molar-refractivity contribution in [3.05, 3.63) is 0 Å². The third-order valence-corrected chi connectivity index (χ3v) is 13.4. The van der Waals surface area contributed by atoms with E-state index in [1.165, 1.54) is 110 Å². The summed E-state index contributed by atoms with van der Waals surface area (Å²) in [6, 6.07) is 0. The van der Waals surface area contributed by atoms with Crippen LogP contribution < -0.4 is 0 Å². The number of rotatable bonds is 29. The fourth-order valence-electron chi connectivity index (χ4n) is 7.66. The molecule has 0 aliphatic rings. The molecule has 0 fully saturated rings. The van der Waals surface area contributed by atoms with Crippen LogP contribution in [0.1, 0.15) is 234 Å². The van der Waals surface area contributed by atoms with E-state index < -0.39 is 0 Å². The first-order valence-electron chi connectivity index (χ1n) is 24.8. The zero-order valence-corrected chi connectivity index (χ0v) is 44.4. The molecule has 0 spiro atoms. The first-order valence-corrected chi connectivity index (χ1v) is 24.8. The van der Waals surface area contributed by atoms with Gasteiger partial charge in [0.15, 0.2) is 0 Å². The largest absolute Gasteiger partial charge is 0.379 e. The van der Waals surface area contributed by atoms with E-state index in [4.69, 9.17) is 14.2 Å². The van der Waals surface area contributed by atoms with Gasteiger partial charge in [-0.2, -0.15) is 0 Å². The minimum absolute atomic E-state index is 0.0882. The van der Waals surface area contributed by atoms with Crippen LogP contribution in [-0.2, 0) is 14.2 Å². The maximum atomic E-state index is 5.83. The summed E-state index contributed by atoms with van der Waals surface area (Å²) in [5, 5.41) is 0. The van der Waals surface area contributed by atoms with Gasteiger partial charge in [-0.3, -0.25) is 0 Å². The Morgan fingerprint density at radius 2 is 0.930 bits per heavy atom. The van der Waals surface area contributed by atoms with E-state index in [0.29, 0.717) is 5.92 Å². The summed E-state index contributed by atoms with van der Waals surface area (Å²) >= 11 is 0. The van der Waals surface area contributed by atoms with Crippen molar-refractivity contribution in [3.8, 4) is 0 Å². The van der Waals surface area contributed by atoms with Crippen molar-refractivity contribution in [2.45, 2.75) is 251 Å². The van der Waals surface area contributed by atoms with Crippen molar-refractivity contribution in [2.24, 2.45) is 29.6 Å². The van der Waals surface area contributed by atoms with Gasteiger partial charge < -0.3 is 24.0 Å². The molecule has 0 aliphatic heterocycles. The Labute approximate surface area is 364 Å². The van der Waals surface area contributed by atoms with Crippen molar-refractivity contribution < 1.29 is 14.2 Å². The number of methoxy groups -OCH3 is 3. The second-order valence-electron chi connectivity index (χ2n) is 18.4. The SMILES string of the molecule is CCC(C)CC(C)(CC)OC.CCC(CC(CC)(OC)C(C)C)C(C)C.CCC(CC)CC(CC)(CC)OC.CCCCN(C)CCCC.CCCN(C)CCC. The molecule has 0 saturated heterocycles. The van der Waals surface area contributed by atoms with Crippen molar-refractivity contribution >= 4 is 0 Å². The summed E-state index contributed by atoms with van der Waals surface area (Å²) in [6.45, 7) is 45.6. The molecular formula is C52H116N2O3. The van der Waals surface area contributed by atoms with Gasteiger partial charge in [-0.1, -0.05) is 156 Å². The molecule has 0 aromatic heterocycles. The van der Waals surface area contributed by atoms with Gasteiger partial charge in [0, 0.05) is 21.3 Å². The van der Waals surface area contributed by atoms with E-state index >= 15 is 0 Å². The quantitative estimate of drug-likeness (QED) is 0.0751. The lowest BCUT2D eigenvalue weighted by atomic mass is 9.75. The molecule has 0 aliphatic carbocycles. The Balaban J connectivity index is -0.000000201. The molecule has 0 rings (SSSR count). The fraction of sp³-hybridized carbons (Fsp3) is 1.00. The standard InChI is InChI=1S/C14H30O.C12H26O.C10H22O.C9H21N.C7H17N/c1-8-13(11(3)4)10-14(9-2,15-7)12(5)6;1-6-11(7-2)10-12(8-3,9-4)13-5;1-6-9(3)8-10(4,7-2)11-5;1-4-6-8-10(3)9-7-5-2;1-4-6-8(3)7-5-2/h11-13H,8-10H2,1-7H3;11H,6-10H2,1-5H3;9H,6-8H2,1-5H3;4-9H2,1-3H3;4-7H2,1-3H3. The highest BCUT2D eigenvalue weighted by molar-refractivity contribution is 4.86.